The number of aliphatic hydroxyl groups is 1. The van der Waals surface area contributed by atoms with E-state index in [2.05, 4.69) is 0 Å². The van der Waals surface area contributed by atoms with Crippen molar-refractivity contribution in [1.29, 1.82) is 0 Å². The number of carbonyl (C=O) groups excluding carboxylic acids is 1. The van der Waals surface area contributed by atoms with E-state index in [1.54, 1.807) is 30.6 Å². The van der Waals surface area contributed by atoms with Crippen LogP contribution in [0, 0.1) is 23.7 Å². The lowest BCUT2D eigenvalue weighted by Crippen LogP contribution is -2.58. The number of aliphatic hydroxyl groups excluding tert-OH is 1. The summed E-state index contributed by atoms with van der Waals surface area (Å²) in [6, 6.07) is 0. The second-order valence-corrected chi connectivity index (χ2v) is 12.9. The Kier molecular flexibility index (Phi) is 8.78. The van der Waals surface area contributed by atoms with Gasteiger partial charge in [-0.25, -0.2) is 0 Å². The van der Waals surface area contributed by atoms with Crippen LogP contribution >= 0.6 is 35.3 Å². The molecule has 34 heavy (non-hydrogen) atoms. The van der Waals surface area contributed by atoms with Crippen LogP contribution in [0.4, 0.5) is 0 Å². The van der Waals surface area contributed by atoms with Crippen molar-refractivity contribution in [3.8, 4) is 0 Å². The molecule has 0 aromatic carbocycles. The molecule has 0 bridgehead atoms. The topological polar surface area (TPSA) is 92.7 Å². The van der Waals surface area contributed by atoms with Crippen LogP contribution in [0.2, 0.25) is 0 Å². The Morgan fingerprint density at radius 3 is 2.06 bits per heavy atom. The Labute approximate surface area is 214 Å². The first-order valence-electron chi connectivity index (χ1n) is 12.2. The van der Waals surface area contributed by atoms with Crippen LogP contribution in [-0.4, -0.2) is 110 Å². The number of hydrogen-bond donors (Lipinski definition) is 1. The highest BCUT2D eigenvalue weighted by Crippen LogP contribution is 2.47. The molecule has 11 heteroatoms. The van der Waals surface area contributed by atoms with Crippen molar-refractivity contribution in [3.05, 3.63) is 0 Å². The molecule has 5 fully saturated rings. The number of rotatable bonds is 7. The summed E-state index contributed by atoms with van der Waals surface area (Å²) in [5.74, 6) is 2.16. The minimum Gasteiger partial charge on any atom is -0.392 e. The van der Waals surface area contributed by atoms with Crippen molar-refractivity contribution in [2.45, 2.75) is 36.6 Å². The average molecular weight is 537 g/mol. The third-order valence-corrected chi connectivity index (χ3v) is 11.2. The molecule has 0 unspecified atom stereocenters. The predicted octanol–water partition coefficient (Wildman–Crippen LogP) is 1.88. The van der Waals surface area contributed by atoms with Crippen molar-refractivity contribution in [3.63, 3.8) is 0 Å². The fraction of sp³-hybridized carbons (Fsp3) is 0.957. The third-order valence-electron chi connectivity index (χ3n) is 7.79. The Morgan fingerprint density at radius 1 is 0.882 bits per heavy atom. The number of hydrogen-bond acceptors (Lipinski definition) is 11. The normalized spacial score (nSPS) is 37.3. The summed E-state index contributed by atoms with van der Waals surface area (Å²) in [5.41, 5.74) is 0. The number of thioether (sulfide) groups is 3. The standard InChI is InChI=1S/C23H36O8S3/c1-26-14-27-21(18-13-33-9-3-23(18)30-6-7-31-23)16-11-34-10-15(19(16)24)20(25)17-12-32-8-2-22(17)28-4-5-29-22/h15-18,20-21,25H,2-14H2,1H3/t15-,16-,17-,18+,20+,21+/m1/s1. The van der Waals surface area contributed by atoms with Gasteiger partial charge in [-0.05, 0) is 11.5 Å². The highest BCUT2D eigenvalue weighted by atomic mass is 32.2. The van der Waals surface area contributed by atoms with Crippen molar-refractivity contribution in [2.75, 3.05) is 74.8 Å². The van der Waals surface area contributed by atoms with Crippen molar-refractivity contribution in [2.24, 2.45) is 23.7 Å². The molecule has 5 aliphatic rings. The summed E-state index contributed by atoms with van der Waals surface area (Å²) >= 11 is 5.36. The molecule has 194 valence electrons. The first kappa shape index (κ1) is 26.1. The third kappa shape index (κ3) is 4.96. The van der Waals surface area contributed by atoms with Gasteiger partial charge in [-0.15, -0.1) is 0 Å². The van der Waals surface area contributed by atoms with Crippen LogP contribution in [0.3, 0.4) is 0 Å². The molecule has 0 aliphatic carbocycles. The minimum absolute atomic E-state index is 0.0693. The van der Waals surface area contributed by atoms with Gasteiger partial charge in [-0.1, -0.05) is 0 Å². The molecule has 5 heterocycles. The van der Waals surface area contributed by atoms with Crippen molar-refractivity contribution in [1.82, 2.24) is 0 Å². The van der Waals surface area contributed by atoms with E-state index in [0.29, 0.717) is 37.9 Å². The zero-order chi connectivity index (χ0) is 23.6. The average Bonchev–Trinajstić information content (AvgIpc) is 3.52. The molecule has 6 atom stereocenters. The lowest BCUT2D eigenvalue weighted by molar-refractivity contribution is -0.235. The molecule has 1 N–H and O–H groups in total. The lowest BCUT2D eigenvalue weighted by Gasteiger charge is -2.47. The Hall–Kier alpha value is 0.440. The SMILES string of the molecule is COCO[C@@H]([C@@H]1CSC[C@@H]([C@H](O)[C@H]2CSCCC23OCCO3)C1=O)[C@@H]1CSCCC12OCCO2. The van der Waals surface area contributed by atoms with E-state index in [4.69, 9.17) is 28.4 Å². The van der Waals surface area contributed by atoms with Gasteiger partial charge in [0.15, 0.2) is 11.6 Å². The smallest absolute Gasteiger partial charge is 0.175 e. The van der Waals surface area contributed by atoms with E-state index in [-0.39, 0.29) is 30.3 Å². The monoisotopic (exact) mass is 536 g/mol. The molecule has 5 rings (SSSR count). The Bertz CT molecular complexity index is 700. The number of methoxy groups -OCH3 is 1. The van der Waals surface area contributed by atoms with Gasteiger partial charge in [-0.3, -0.25) is 4.79 Å². The van der Waals surface area contributed by atoms with Gasteiger partial charge < -0.3 is 33.5 Å². The van der Waals surface area contributed by atoms with Crippen LogP contribution < -0.4 is 0 Å². The predicted molar refractivity (Wildman–Crippen MR) is 132 cm³/mol. The molecule has 0 amide bonds. The molecule has 5 saturated heterocycles. The maximum atomic E-state index is 14.0. The molecule has 0 aromatic heterocycles. The minimum atomic E-state index is -0.814. The van der Waals surface area contributed by atoms with Gasteiger partial charge in [-0.2, -0.15) is 35.3 Å². The Balaban J connectivity index is 1.37. The first-order valence-corrected chi connectivity index (χ1v) is 15.7. The van der Waals surface area contributed by atoms with Crippen LogP contribution in [0.25, 0.3) is 0 Å². The van der Waals surface area contributed by atoms with Gasteiger partial charge in [0.2, 0.25) is 0 Å². The van der Waals surface area contributed by atoms with E-state index < -0.39 is 29.7 Å². The molecular formula is C23H36O8S3. The second kappa shape index (κ2) is 11.4. The summed E-state index contributed by atoms with van der Waals surface area (Å²) in [5, 5.41) is 11.6. The summed E-state index contributed by atoms with van der Waals surface area (Å²) in [6.45, 7) is 2.31. The fourth-order valence-electron chi connectivity index (χ4n) is 6.06. The first-order chi connectivity index (χ1) is 16.6. The van der Waals surface area contributed by atoms with Gasteiger partial charge >= 0.3 is 0 Å². The van der Waals surface area contributed by atoms with Gasteiger partial charge in [0.1, 0.15) is 12.6 Å². The summed E-state index contributed by atoms with van der Waals surface area (Å²) in [6.07, 6.45) is 0.318. The molecule has 5 aliphatic heterocycles. The van der Waals surface area contributed by atoms with Crippen LogP contribution in [0.15, 0.2) is 0 Å². The maximum absolute atomic E-state index is 14.0. The summed E-state index contributed by atoms with van der Waals surface area (Å²) in [7, 11) is 1.59. The molecule has 8 nitrogen and oxygen atoms in total. The van der Waals surface area contributed by atoms with Crippen molar-refractivity contribution < 1.29 is 38.3 Å². The van der Waals surface area contributed by atoms with Gasteiger partial charge in [0.25, 0.3) is 0 Å². The van der Waals surface area contributed by atoms with Gasteiger partial charge in [0.05, 0.1) is 50.5 Å². The number of ether oxygens (including phenoxy) is 6. The van der Waals surface area contributed by atoms with Crippen LogP contribution in [0.1, 0.15) is 12.8 Å². The number of carbonyl (C=O) groups is 1. The largest absolute Gasteiger partial charge is 0.392 e. The molecule has 0 radical (unpaired) electrons. The van der Waals surface area contributed by atoms with E-state index >= 15 is 0 Å². The van der Waals surface area contributed by atoms with E-state index in [0.717, 1.165) is 35.9 Å². The quantitative estimate of drug-likeness (QED) is 0.484. The highest BCUT2D eigenvalue weighted by molar-refractivity contribution is 7.99. The van der Waals surface area contributed by atoms with E-state index in [1.807, 2.05) is 11.8 Å². The summed E-state index contributed by atoms with van der Waals surface area (Å²) < 4.78 is 35.9. The fourth-order valence-corrected chi connectivity index (χ4v) is 10.0. The lowest BCUT2D eigenvalue weighted by atomic mass is 9.76. The zero-order valence-corrected chi connectivity index (χ0v) is 22.1. The Morgan fingerprint density at radius 2 is 1.44 bits per heavy atom. The van der Waals surface area contributed by atoms with Crippen molar-refractivity contribution >= 4 is 41.1 Å². The molecule has 0 aromatic rings. The zero-order valence-electron chi connectivity index (χ0n) is 19.7. The molecule has 0 saturated carbocycles. The van der Waals surface area contributed by atoms with Crippen LogP contribution in [-0.2, 0) is 33.2 Å². The van der Waals surface area contributed by atoms with Crippen LogP contribution in [0.5, 0.6) is 0 Å². The van der Waals surface area contributed by atoms with E-state index in [1.165, 1.54) is 0 Å². The second-order valence-electron chi connectivity index (χ2n) is 9.56. The summed E-state index contributed by atoms with van der Waals surface area (Å²) in [4.78, 5) is 14.0. The number of ketones is 1. The highest BCUT2D eigenvalue weighted by Gasteiger charge is 2.56. The van der Waals surface area contributed by atoms with E-state index in [9.17, 15) is 9.90 Å². The molecule has 2 spiro atoms. The number of Topliss-reactive ketones (excluding diaryl/α,β-unsaturated/α-hetero) is 1. The molecular weight excluding hydrogens is 500 g/mol. The maximum Gasteiger partial charge on any atom is 0.175 e. The van der Waals surface area contributed by atoms with Gasteiger partial charge in [0, 0.05) is 54.8 Å².